The lowest BCUT2D eigenvalue weighted by Gasteiger charge is -2.11. The molecule has 0 saturated carbocycles. The van der Waals surface area contributed by atoms with E-state index in [0.29, 0.717) is 22.9 Å². The van der Waals surface area contributed by atoms with E-state index in [4.69, 9.17) is 4.42 Å². The first-order chi connectivity index (χ1) is 14.5. The number of nitrogens with zero attached hydrogens (tertiary/aromatic N) is 4. The molecule has 0 aliphatic rings. The monoisotopic (exact) mass is 403 g/mol. The molecular weight excluding hydrogens is 386 g/mol. The highest BCUT2D eigenvalue weighted by Gasteiger charge is 2.13. The van der Waals surface area contributed by atoms with Gasteiger partial charge in [0.15, 0.2) is 0 Å². The molecule has 1 aromatic carbocycles. The first kappa shape index (κ1) is 19.1. The maximum Gasteiger partial charge on any atom is 0.269 e. The molecule has 0 aliphatic heterocycles. The summed E-state index contributed by atoms with van der Waals surface area (Å²) in [4.78, 5) is 32.4. The predicted octanol–water partition coefficient (Wildman–Crippen LogP) is 3.87. The molecule has 9 nitrogen and oxygen atoms in total. The van der Waals surface area contributed by atoms with Gasteiger partial charge in [0.2, 0.25) is 0 Å². The van der Waals surface area contributed by atoms with E-state index < -0.39 is 4.92 Å². The number of aliphatic imine (C=N–C) groups is 1. The van der Waals surface area contributed by atoms with Gasteiger partial charge in [-0.1, -0.05) is 6.07 Å². The third-order valence-corrected chi connectivity index (χ3v) is 4.47. The highest BCUT2D eigenvalue weighted by molar-refractivity contribution is 5.88. The van der Waals surface area contributed by atoms with Crippen molar-refractivity contribution < 1.29 is 9.34 Å². The van der Waals surface area contributed by atoms with Crippen LogP contribution in [0, 0.1) is 17.0 Å². The number of benzene rings is 1. The second-order valence-electron chi connectivity index (χ2n) is 6.54. The molecule has 0 aliphatic carbocycles. The smallest absolute Gasteiger partial charge is 0.269 e. The molecule has 9 heteroatoms. The molecule has 4 rings (SSSR count). The number of anilines is 2. The quantitative estimate of drug-likeness (QED) is 0.297. The van der Waals surface area contributed by atoms with E-state index in [0.717, 1.165) is 5.56 Å². The van der Waals surface area contributed by atoms with Gasteiger partial charge in [-0.3, -0.25) is 24.3 Å². The van der Waals surface area contributed by atoms with Gasteiger partial charge in [-0.05, 0) is 42.8 Å². The predicted molar refractivity (Wildman–Crippen MR) is 113 cm³/mol. The van der Waals surface area contributed by atoms with Crippen LogP contribution in [0.15, 0.2) is 75.2 Å². The van der Waals surface area contributed by atoms with Gasteiger partial charge in [0.05, 0.1) is 17.7 Å². The van der Waals surface area contributed by atoms with Crippen LogP contribution < -0.4 is 10.9 Å². The number of hydrogen-bond acceptors (Lipinski definition) is 7. The summed E-state index contributed by atoms with van der Waals surface area (Å²) in [5, 5.41) is 14.0. The van der Waals surface area contributed by atoms with Crippen LogP contribution in [-0.4, -0.2) is 20.5 Å². The number of nitro groups is 1. The fourth-order valence-corrected chi connectivity index (χ4v) is 2.96. The molecule has 0 amide bonds. The molecule has 0 atom stereocenters. The minimum Gasteiger partial charge on any atom is -0.467 e. The number of aryl methyl sites for hydroxylation is 1. The number of rotatable bonds is 6. The Hall–Kier alpha value is -4.27. The number of nitro benzene ring substituents is 1. The van der Waals surface area contributed by atoms with Crippen LogP contribution in [0.25, 0.3) is 5.65 Å². The summed E-state index contributed by atoms with van der Waals surface area (Å²) in [7, 11) is 0. The zero-order chi connectivity index (χ0) is 21.1. The number of nitrogens with one attached hydrogen (secondary N) is 1. The van der Waals surface area contributed by atoms with E-state index in [2.05, 4.69) is 15.3 Å². The molecule has 30 heavy (non-hydrogen) atoms. The molecule has 3 aromatic heterocycles. The highest BCUT2D eigenvalue weighted by Crippen LogP contribution is 2.21. The summed E-state index contributed by atoms with van der Waals surface area (Å²) in [6.45, 7) is 2.14. The van der Waals surface area contributed by atoms with Crippen LogP contribution in [0.4, 0.5) is 17.2 Å². The zero-order valence-corrected chi connectivity index (χ0v) is 16.0. The molecule has 0 spiro atoms. The summed E-state index contributed by atoms with van der Waals surface area (Å²) >= 11 is 0. The normalized spacial score (nSPS) is 11.2. The molecular formula is C21H17N5O4. The van der Waals surface area contributed by atoms with Crippen molar-refractivity contribution >= 4 is 29.1 Å². The van der Waals surface area contributed by atoms with E-state index in [1.165, 1.54) is 22.7 Å². The van der Waals surface area contributed by atoms with E-state index in [9.17, 15) is 14.9 Å². The molecule has 0 unspecified atom stereocenters. The highest BCUT2D eigenvalue weighted by atomic mass is 16.6. The minimum atomic E-state index is -0.472. The SMILES string of the molecule is Cc1cccn2c(=O)c(C=NCc3ccco3)c(Nc3ccc([N+](=O)[O-])cc3)nc12. The molecule has 0 saturated heterocycles. The van der Waals surface area contributed by atoms with Crippen molar-refractivity contribution in [2.45, 2.75) is 13.5 Å². The van der Waals surface area contributed by atoms with Crippen molar-refractivity contribution in [1.29, 1.82) is 0 Å². The summed E-state index contributed by atoms with van der Waals surface area (Å²) in [5.41, 5.74) is 1.86. The fraction of sp³-hybridized carbons (Fsp3) is 0.0952. The fourth-order valence-electron chi connectivity index (χ4n) is 2.96. The molecule has 4 aromatic rings. The molecule has 0 bridgehead atoms. The molecule has 3 heterocycles. The Morgan fingerprint density at radius 1 is 1.23 bits per heavy atom. The topological polar surface area (TPSA) is 115 Å². The maximum absolute atomic E-state index is 13.1. The van der Waals surface area contributed by atoms with Crippen LogP contribution in [-0.2, 0) is 6.54 Å². The van der Waals surface area contributed by atoms with Gasteiger partial charge in [0.1, 0.15) is 22.8 Å². The molecule has 0 radical (unpaired) electrons. The Balaban J connectivity index is 1.77. The Bertz CT molecular complexity index is 1290. The summed E-state index contributed by atoms with van der Waals surface area (Å²) in [6, 6.07) is 13.1. The van der Waals surface area contributed by atoms with Crippen LogP contribution in [0.1, 0.15) is 16.9 Å². The largest absolute Gasteiger partial charge is 0.467 e. The number of fused-ring (bicyclic) bond motifs is 1. The second kappa shape index (κ2) is 8.00. The maximum atomic E-state index is 13.1. The summed E-state index contributed by atoms with van der Waals surface area (Å²) in [6.07, 6.45) is 4.67. The Morgan fingerprint density at radius 2 is 2.03 bits per heavy atom. The van der Waals surface area contributed by atoms with E-state index in [1.807, 2.05) is 13.0 Å². The first-order valence-corrected chi connectivity index (χ1v) is 9.08. The average molecular weight is 403 g/mol. The summed E-state index contributed by atoms with van der Waals surface area (Å²) < 4.78 is 6.72. The lowest BCUT2D eigenvalue weighted by atomic mass is 10.2. The number of hydrogen-bond donors (Lipinski definition) is 1. The van der Waals surface area contributed by atoms with Crippen molar-refractivity contribution in [3.8, 4) is 0 Å². The van der Waals surface area contributed by atoms with E-state index >= 15 is 0 Å². The zero-order valence-electron chi connectivity index (χ0n) is 16.0. The van der Waals surface area contributed by atoms with Crippen LogP contribution in [0.3, 0.4) is 0 Å². The third-order valence-electron chi connectivity index (χ3n) is 4.47. The number of aromatic nitrogens is 2. The Morgan fingerprint density at radius 3 is 2.73 bits per heavy atom. The van der Waals surface area contributed by atoms with Crippen LogP contribution in [0.5, 0.6) is 0 Å². The number of furan rings is 1. The first-order valence-electron chi connectivity index (χ1n) is 9.08. The second-order valence-corrected chi connectivity index (χ2v) is 6.54. The van der Waals surface area contributed by atoms with Gasteiger partial charge in [-0.25, -0.2) is 4.98 Å². The summed E-state index contributed by atoms with van der Waals surface area (Å²) in [5.74, 6) is 0.979. The third kappa shape index (κ3) is 3.81. The lowest BCUT2D eigenvalue weighted by Crippen LogP contribution is -2.22. The van der Waals surface area contributed by atoms with Crippen molar-refractivity contribution in [2.24, 2.45) is 4.99 Å². The van der Waals surface area contributed by atoms with E-state index in [1.54, 1.807) is 42.8 Å². The average Bonchev–Trinajstić information content (AvgIpc) is 3.25. The van der Waals surface area contributed by atoms with Gasteiger partial charge >= 0.3 is 0 Å². The van der Waals surface area contributed by atoms with Crippen molar-refractivity contribution in [1.82, 2.24) is 9.38 Å². The van der Waals surface area contributed by atoms with Gasteiger partial charge in [-0.2, -0.15) is 0 Å². The minimum absolute atomic E-state index is 0.0248. The molecule has 150 valence electrons. The van der Waals surface area contributed by atoms with Crippen molar-refractivity contribution in [3.63, 3.8) is 0 Å². The van der Waals surface area contributed by atoms with Gasteiger partial charge in [-0.15, -0.1) is 0 Å². The van der Waals surface area contributed by atoms with Gasteiger partial charge < -0.3 is 9.73 Å². The Kier molecular flexibility index (Phi) is 5.08. The van der Waals surface area contributed by atoms with Gasteiger partial charge in [0.25, 0.3) is 11.2 Å². The molecule has 1 N–H and O–H groups in total. The van der Waals surface area contributed by atoms with Crippen molar-refractivity contribution in [2.75, 3.05) is 5.32 Å². The Labute approximate surface area is 170 Å². The van der Waals surface area contributed by atoms with E-state index in [-0.39, 0.29) is 23.4 Å². The molecule has 0 fully saturated rings. The standard InChI is InChI=1S/C21H17N5O4/c1-14-4-2-10-25-20(14)24-19(23-15-6-8-16(9-7-15)26(28)29)18(21(25)27)13-22-12-17-5-3-11-30-17/h2-11,13,23H,12H2,1H3. The lowest BCUT2D eigenvalue weighted by molar-refractivity contribution is -0.384. The van der Waals surface area contributed by atoms with Crippen LogP contribution in [0.2, 0.25) is 0 Å². The number of non-ortho nitro benzene ring substituents is 1. The number of pyridine rings is 1. The van der Waals surface area contributed by atoms with Crippen LogP contribution >= 0.6 is 0 Å². The van der Waals surface area contributed by atoms with Crippen molar-refractivity contribution in [3.05, 3.63) is 98.3 Å². The van der Waals surface area contributed by atoms with Gasteiger partial charge in [0, 0.05) is 30.2 Å².